The van der Waals surface area contributed by atoms with E-state index in [9.17, 15) is 19.1 Å². The number of fused-ring (bicyclic) bond motifs is 1. The molecule has 2 atom stereocenters. The molecule has 9 heteroatoms. The Bertz CT molecular complexity index is 1240. The minimum atomic E-state index is -0.711. The number of Topliss-reactive ketones (excluding diaryl/α,β-unsaturated/α-hetero) is 1. The van der Waals surface area contributed by atoms with Crippen LogP contribution in [0.15, 0.2) is 35.4 Å². The van der Waals surface area contributed by atoms with E-state index in [1.165, 1.54) is 6.92 Å². The molecule has 2 aromatic heterocycles. The average Bonchev–Trinajstić information content (AvgIpc) is 2.76. The number of nitrogens with one attached hydrogen (secondary N) is 1. The lowest BCUT2D eigenvalue weighted by molar-refractivity contribution is -0.0136. The van der Waals surface area contributed by atoms with Gasteiger partial charge >= 0.3 is 0 Å². The van der Waals surface area contributed by atoms with Crippen LogP contribution in [-0.4, -0.2) is 50.8 Å². The van der Waals surface area contributed by atoms with Crippen LogP contribution < -0.4 is 10.7 Å². The Kier molecular flexibility index (Phi) is 6.03. The molecule has 0 saturated carbocycles. The van der Waals surface area contributed by atoms with Gasteiger partial charge in [-0.1, -0.05) is 6.07 Å². The van der Waals surface area contributed by atoms with Gasteiger partial charge in [-0.2, -0.15) is 0 Å². The van der Waals surface area contributed by atoms with Crippen LogP contribution in [0.3, 0.4) is 0 Å². The number of halogens is 1. The lowest BCUT2D eigenvalue weighted by Crippen LogP contribution is -2.42. The highest BCUT2D eigenvalue weighted by atomic mass is 19.1. The van der Waals surface area contributed by atoms with Crippen molar-refractivity contribution in [2.75, 3.05) is 18.5 Å². The number of anilines is 1. The quantitative estimate of drug-likeness (QED) is 0.588. The van der Waals surface area contributed by atoms with E-state index in [1.807, 2.05) is 18.4 Å². The van der Waals surface area contributed by atoms with Gasteiger partial charge in [0, 0.05) is 29.8 Å². The number of aliphatic hydroxyl groups excluding tert-OH is 1. The molecule has 0 bridgehead atoms. The summed E-state index contributed by atoms with van der Waals surface area (Å²) in [4.78, 5) is 33.1. The summed E-state index contributed by atoms with van der Waals surface area (Å²) in [5.74, 6) is -0.718. The molecule has 0 amide bonds. The third-order valence-electron chi connectivity index (χ3n) is 5.63. The highest BCUT2D eigenvalue weighted by Gasteiger charge is 2.25. The predicted molar refractivity (Wildman–Crippen MR) is 118 cm³/mol. The second-order valence-corrected chi connectivity index (χ2v) is 8.23. The topological polar surface area (TPSA) is 106 Å². The zero-order valence-electron chi connectivity index (χ0n) is 18.1. The van der Waals surface area contributed by atoms with E-state index in [0.717, 1.165) is 6.20 Å². The smallest absolute Gasteiger partial charge is 0.223 e. The molecule has 1 aliphatic heterocycles. The lowest BCUT2D eigenvalue weighted by atomic mass is 10.0. The molecule has 1 saturated heterocycles. The van der Waals surface area contributed by atoms with Crippen molar-refractivity contribution in [3.8, 4) is 11.3 Å². The van der Waals surface area contributed by atoms with Gasteiger partial charge < -0.3 is 19.7 Å². The van der Waals surface area contributed by atoms with Gasteiger partial charge in [-0.05, 0) is 39.3 Å². The third kappa shape index (κ3) is 4.13. The van der Waals surface area contributed by atoms with Crippen LogP contribution in [0, 0.1) is 5.82 Å². The van der Waals surface area contributed by atoms with E-state index >= 15 is 0 Å². The molecule has 32 heavy (non-hydrogen) atoms. The van der Waals surface area contributed by atoms with Crippen LogP contribution >= 0.6 is 0 Å². The van der Waals surface area contributed by atoms with Crippen molar-refractivity contribution in [2.24, 2.45) is 0 Å². The van der Waals surface area contributed by atoms with Crippen molar-refractivity contribution < 1.29 is 19.0 Å². The third-order valence-corrected chi connectivity index (χ3v) is 5.63. The first-order chi connectivity index (χ1) is 15.3. The van der Waals surface area contributed by atoms with Gasteiger partial charge in [0.15, 0.2) is 17.0 Å². The Morgan fingerprint density at radius 2 is 2.16 bits per heavy atom. The predicted octanol–water partition coefficient (Wildman–Crippen LogP) is 2.94. The van der Waals surface area contributed by atoms with Gasteiger partial charge in [-0.3, -0.25) is 9.59 Å². The van der Waals surface area contributed by atoms with Gasteiger partial charge in [0.05, 0.1) is 36.0 Å². The average molecular weight is 440 g/mol. The van der Waals surface area contributed by atoms with E-state index in [-0.39, 0.29) is 47.1 Å². The highest BCUT2D eigenvalue weighted by Crippen LogP contribution is 2.27. The molecule has 0 spiro atoms. The molecular weight excluding hydrogens is 415 g/mol. The highest BCUT2D eigenvalue weighted by molar-refractivity contribution is 5.97. The first kappa shape index (κ1) is 22.0. The molecule has 8 nitrogen and oxygen atoms in total. The number of aromatic nitrogens is 3. The maximum atomic E-state index is 14.7. The fourth-order valence-electron chi connectivity index (χ4n) is 3.87. The van der Waals surface area contributed by atoms with Crippen LogP contribution in [-0.2, 0) is 4.74 Å². The van der Waals surface area contributed by atoms with E-state index < -0.39 is 11.9 Å². The summed E-state index contributed by atoms with van der Waals surface area (Å²) in [7, 11) is 0. The van der Waals surface area contributed by atoms with Crippen molar-refractivity contribution >= 4 is 22.6 Å². The molecule has 1 aromatic carbocycles. The molecule has 0 radical (unpaired) electrons. The fourth-order valence-corrected chi connectivity index (χ4v) is 3.87. The Balaban J connectivity index is 1.79. The second kappa shape index (κ2) is 8.76. The van der Waals surface area contributed by atoms with Crippen molar-refractivity contribution in [1.29, 1.82) is 0 Å². The zero-order valence-corrected chi connectivity index (χ0v) is 18.1. The van der Waals surface area contributed by atoms with E-state index in [2.05, 4.69) is 15.3 Å². The Hall–Kier alpha value is -3.17. The van der Waals surface area contributed by atoms with Gasteiger partial charge in [-0.25, -0.2) is 14.4 Å². The number of ketones is 1. The Morgan fingerprint density at radius 1 is 1.38 bits per heavy atom. The molecule has 0 unspecified atom stereocenters. The number of ether oxygens (including phenoxy) is 1. The molecular formula is C23H25FN4O4. The normalized spacial score (nSPS) is 18.8. The molecule has 3 aromatic rings. The zero-order chi connectivity index (χ0) is 23.0. The summed E-state index contributed by atoms with van der Waals surface area (Å²) >= 11 is 0. The van der Waals surface area contributed by atoms with Crippen molar-refractivity contribution in [1.82, 2.24) is 14.5 Å². The SMILES string of the molecule is CC(=O)c1cn(C(C)C)c2cc(-c3nc(N[C@@H]4CCOC[C@H]4O)ncc3F)ccc2c1=O. The summed E-state index contributed by atoms with van der Waals surface area (Å²) in [5, 5.41) is 13.5. The molecule has 3 heterocycles. The van der Waals surface area contributed by atoms with Crippen molar-refractivity contribution in [3.05, 3.63) is 52.2 Å². The second-order valence-electron chi connectivity index (χ2n) is 8.23. The number of rotatable bonds is 5. The number of aliphatic hydroxyl groups is 1. The van der Waals surface area contributed by atoms with Crippen molar-refractivity contribution in [3.63, 3.8) is 0 Å². The number of benzene rings is 1. The van der Waals surface area contributed by atoms with E-state index in [1.54, 1.807) is 24.4 Å². The summed E-state index contributed by atoms with van der Waals surface area (Å²) in [6.45, 7) is 5.95. The van der Waals surface area contributed by atoms with Gasteiger partial charge in [-0.15, -0.1) is 0 Å². The van der Waals surface area contributed by atoms with Gasteiger partial charge in [0.2, 0.25) is 5.95 Å². The molecule has 2 N–H and O–H groups in total. The monoisotopic (exact) mass is 440 g/mol. The standard InChI is InChI=1S/C23H25FN4O4/c1-12(2)28-10-16(13(3)29)22(31)15-5-4-14(8-19(15)28)21-17(24)9-25-23(27-21)26-18-6-7-32-11-20(18)30/h4-5,8-10,12,18,20,30H,6-7,11H2,1-3H3,(H,25,26,27)/t18-,20-/m1/s1. The minimum absolute atomic E-state index is 0.0334. The van der Waals surface area contributed by atoms with Crippen LogP contribution in [0.5, 0.6) is 0 Å². The lowest BCUT2D eigenvalue weighted by Gasteiger charge is -2.28. The molecule has 1 fully saturated rings. The minimum Gasteiger partial charge on any atom is -0.389 e. The first-order valence-electron chi connectivity index (χ1n) is 10.5. The van der Waals surface area contributed by atoms with E-state index in [4.69, 9.17) is 4.74 Å². The summed E-state index contributed by atoms with van der Waals surface area (Å²) in [5.41, 5.74) is 0.894. The molecule has 1 aliphatic rings. The molecule has 4 rings (SSSR count). The number of carbonyl (C=O) groups is 1. The maximum Gasteiger partial charge on any atom is 0.223 e. The number of nitrogens with zero attached hydrogens (tertiary/aromatic N) is 3. The van der Waals surface area contributed by atoms with Crippen LogP contribution in [0.2, 0.25) is 0 Å². The molecule has 0 aliphatic carbocycles. The van der Waals surface area contributed by atoms with E-state index in [0.29, 0.717) is 29.5 Å². The first-order valence-corrected chi connectivity index (χ1v) is 10.5. The number of hydrogen-bond acceptors (Lipinski definition) is 7. The fraction of sp³-hybridized carbons (Fsp3) is 0.391. The van der Waals surface area contributed by atoms with Crippen molar-refractivity contribution in [2.45, 2.75) is 45.4 Å². The Morgan fingerprint density at radius 3 is 2.84 bits per heavy atom. The Labute approximate surface area is 184 Å². The van der Waals surface area contributed by atoms with Gasteiger partial charge in [0.25, 0.3) is 0 Å². The summed E-state index contributed by atoms with van der Waals surface area (Å²) in [6.07, 6.45) is 2.50. The number of hydrogen-bond donors (Lipinski definition) is 2. The van der Waals surface area contributed by atoms with Crippen LogP contribution in [0.25, 0.3) is 22.2 Å². The van der Waals surface area contributed by atoms with Crippen LogP contribution in [0.4, 0.5) is 10.3 Å². The maximum absolute atomic E-state index is 14.7. The largest absolute Gasteiger partial charge is 0.389 e. The number of carbonyl (C=O) groups excluding carboxylic acids is 1. The summed E-state index contributed by atoms with van der Waals surface area (Å²) < 4.78 is 21.7. The van der Waals surface area contributed by atoms with Crippen LogP contribution in [0.1, 0.15) is 43.6 Å². The molecule has 168 valence electrons. The number of pyridine rings is 1. The van der Waals surface area contributed by atoms with Gasteiger partial charge in [0.1, 0.15) is 5.69 Å². The summed E-state index contributed by atoms with van der Waals surface area (Å²) in [6, 6.07) is 4.56.